The van der Waals surface area contributed by atoms with Crippen molar-refractivity contribution in [2.24, 2.45) is 11.8 Å². The number of carbonyl (C=O) groups excluding carboxylic acids is 1. The molecule has 0 aliphatic carbocycles. The van der Waals surface area contributed by atoms with Crippen molar-refractivity contribution in [1.29, 1.82) is 0 Å². The number of fused-ring (bicyclic) bond motifs is 1. The molecule has 0 spiro atoms. The Morgan fingerprint density at radius 1 is 1.32 bits per heavy atom. The summed E-state index contributed by atoms with van der Waals surface area (Å²) in [6.07, 6.45) is 1.30. The summed E-state index contributed by atoms with van der Waals surface area (Å²) >= 11 is 1.66. The van der Waals surface area contributed by atoms with Gasteiger partial charge in [0.2, 0.25) is 5.91 Å². The first-order chi connectivity index (χ1) is 11.7. The maximum atomic E-state index is 13.7. The number of thiophene rings is 1. The van der Waals surface area contributed by atoms with Crippen LogP contribution in [0.1, 0.15) is 23.6 Å². The molecule has 2 aromatic rings. The van der Waals surface area contributed by atoms with Crippen molar-refractivity contribution in [2.75, 3.05) is 19.6 Å². The number of nitrogens with zero attached hydrogens (tertiary/aromatic N) is 1. The van der Waals surface area contributed by atoms with Gasteiger partial charge in [-0.15, -0.1) is 12.4 Å². The van der Waals surface area contributed by atoms with E-state index in [9.17, 15) is 9.18 Å². The molecule has 1 N–H and O–H groups in total. The Morgan fingerprint density at radius 3 is 2.96 bits per heavy atom. The molecule has 2 saturated heterocycles. The van der Waals surface area contributed by atoms with Gasteiger partial charge in [-0.3, -0.25) is 4.79 Å². The summed E-state index contributed by atoms with van der Waals surface area (Å²) in [7, 11) is 0. The molecule has 0 radical (unpaired) electrons. The normalized spacial score (nSPS) is 24.8. The van der Waals surface area contributed by atoms with Gasteiger partial charge < -0.3 is 10.2 Å². The molecule has 0 unspecified atom stereocenters. The molecule has 2 aliphatic rings. The van der Waals surface area contributed by atoms with Crippen LogP contribution in [0.25, 0.3) is 0 Å². The molecule has 134 valence electrons. The molecular formula is C19H22ClFN2OS. The SMILES string of the molecule is Cl.O=C(CCc1ccsc1)N1C[C@@H]2CNC[C@@H]2[C@H]1c1cccc(F)c1. The highest BCUT2D eigenvalue weighted by Gasteiger charge is 2.46. The van der Waals surface area contributed by atoms with Gasteiger partial charge in [-0.25, -0.2) is 4.39 Å². The minimum atomic E-state index is -0.229. The maximum absolute atomic E-state index is 13.7. The predicted molar refractivity (Wildman–Crippen MR) is 101 cm³/mol. The third-order valence-electron chi connectivity index (χ3n) is 5.28. The van der Waals surface area contributed by atoms with Crippen molar-refractivity contribution in [2.45, 2.75) is 18.9 Å². The largest absolute Gasteiger partial charge is 0.335 e. The van der Waals surface area contributed by atoms with E-state index in [0.717, 1.165) is 31.6 Å². The fraction of sp³-hybridized carbons (Fsp3) is 0.421. The molecule has 2 fully saturated rings. The van der Waals surface area contributed by atoms with Crippen molar-refractivity contribution in [3.8, 4) is 0 Å². The van der Waals surface area contributed by atoms with Crippen LogP contribution in [0.4, 0.5) is 4.39 Å². The van der Waals surface area contributed by atoms with Crippen LogP contribution in [0, 0.1) is 17.7 Å². The highest BCUT2D eigenvalue weighted by Crippen LogP contribution is 2.43. The zero-order chi connectivity index (χ0) is 16.5. The minimum absolute atomic E-state index is 0. The molecule has 3 atom stereocenters. The van der Waals surface area contributed by atoms with Gasteiger partial charge in [-0.1, -0.05) is 12.1 Å². The highest BCUT2D eigenvalue weighted by atomic mass is 35.5. The Kier molecular flexibility index (Phi) is 5.77. The van der Waals surface area contributed by atoms with Crippen molar-refractivity contribution < 1.29 is 9.18 Å². The second-order valence-corrected chi connectivity index (χ2v) is 7.54. The lowest BCUT2D eigenvalue weighted by molar-refractivity contribution is -0.132. The first-order valence-electron chi connectivity index (χ1n) is 8.49. The number of carbonyl (C=O) groups is 1. The topological polar surface area (TPSA) is 32.3 Å². The van der Waals surface area contributed by atoms with Crippen molar-refractivity contribution in [1.82, 2.24) is 10.2 Å². The Bertz CT molecular complexity index is 724. The summed E-state index contributed by atoms with van der Waals surface area (Å²) in [4.78, 5) is 14.9. The van der Waals surface area contributed by atoms with Crippen LogP contribution >= 0.6 is 23.7 Å². The maximum Gasteiger partial charge on any atom is 0.223 e. The zero-order valence-electron chi connectivity index (χ0n) is 13.9. The third kappa shape index (κ3) is 3.73. The number of rotatable bonds is 4. The first-order valence-corrected chi connectivity index (χ1v) is 9.43. The van der Waals surface area contributed by atoms with Crippen LogP contribution in [0.5, 0.6) is 0 Å². The number of likely N-dealkylation sites (tertiary alicyclic amines) is 1. The van der Waals surface area contributed by atoms with E-state index in [4.69, 9.17) is 0 Å². The summed E-state index contributed by atoms with van der Waals surface area (Å²) in [5.41, 5.74) is 2.15. The van der Waals surface area contributed by atoms with Gasteiger partial charge in [0, 0.05) is 32.0 Å². The fourth-order valence-electron chi connectivity index (χ4n) is 4.12. The number of hydrogen-bond donors (Lipinski definition) is 1. The van der Waals surface area contributed by atoms with E-state index < -0.39 is 0 Å². The Balaban J connectivity index is 0.00000182. The van der Waals surface area contributed by atoms with Crippen LogP contribution in [0.3, 0.4) is 0 Å². The van der Waals surface area contributed by atoms with Crippen LogP contribution in [-0.2, 0) is 11.2 Å². The third-order valence-corrected chi connectivity index (χ3v) is 6.01. The van der Waals surface area contributed by atoms with E-state index in [-0.39, 0.29) is 30.2 Å². The second kappa shape index (κ2) is 7.85. The predicted octanol–water partition coefficient (Wildman–Crippen LogP) is 3.66. The first kappa shape index (κ1) is 18.4. The van der Waals surface area contributed by atoms with Gasteiger partial charge in [0.25, 0.3) is 0 Å². The van der Waals surface area contributed by atoms with Crippen molar-refractivity contribution in [3.63, 3.8) is 0 Å². The number of nitrogens with one attached hydrogen (secondary N) is 1. The molecule has 25 heavy (non-hydrogen) atoms. The van der Waals surface area contributed by atoms with E-state index >= 15 is 0 Å². The Hall–Kier alpha value is -1.43. The summed E-state index contributed by atoms with van der Waals surface area (Å²) in [6, 6.07) is 8.82. The Labute approximate surface area is 157 Å². The summed E-state index contributed by atoms with van der Waals surface area (Å²) in [5, 5.41) is 7.56. The summed E-state index contributed by atoms with van der Waals surface area (Å²) < 4.78 is 13.7. The summed E-state index contributed by atoms with van der Waals surface area (Å²) in [5.74, 6) is 0.817. The molecule has 4 rings (SSSR count). The zero-order valence-corrected chi connectivity index (χ0v) is 15.5. The van der Waals surface area contributed by atoms with E-state index in [2.05, 4.69) is 16.8 Å². The lowest BCUT2D eigenvalue weighted by Crippen LogP contribution is -2.34. The van der Waals surface area contributed by atoms with Gasteiger partial charge in [0.1, 0.15) is 5.82 Å². The van der Waals surface area contributed by atoms with Gasteiger partial charge in [0.05, 0.1) is 6.04 Å². The van der Waals surface area contributed by atoms with E-state index in [1.807, 2.05) is 16.3 Å². The number of aryl methyl sites for hydroxylation is 1. The lowest BCUT2D eigenvalue weighted by Gasteiger charge is -2.28. The average molecular weight is 381 g/mol. The van der Waals surface area contributed by atoms with Crippen LogP contribution in [-0.4, -0.2) is 30.4 Å². The highest BCUT2D eigenvalue weighted by molar-refractivity contribution is 7.07. The molecule has 3 nitrogen and oxygen atoms in total. The molecule has 0 saturated carbocycles. The average Bonchev–Trinajstić information content (AvgIpc) is 3.29. The lowest BCUT2D eigenvalue weighted by atomic mass is 9.89. The van der Waals surface area contributed by atoms with E-state index in [0.29, 0.717) is 18.3 Å². The smallest absolute Gasteiger partial charge is 0.223 e. The van der Waals surface area contributed by atoms with Crippen molar-refractivity contribution in [3.05, 3.63) is 58.0 Å². The van der Waals surface area contributed by atoms with Crippen LogP contribution in [0.15, 0.2) is 41.1 Å². The fourth-order valence-corrected chi connectivity index (χ4v) is 4.83. The number of hydrogen-bond acceptors (Lipinski definition) is 3. The van der Waals surface area contributed by atoms with Crippen LogP contribution in [0.2, 0.25) is 0 Å². The summed E-state index contributed by atoms with van der Waals surface area (Å²) in [6.45, 7) is 2.63. The molecule has 1 amide bonds. The quantitative estimate of drug-likeness (QED) is 0.877. The second-order valence-electron chi connectivity index (χ2n) is 6.76. The van der Waals surface area contributed by atoms with Crippen molar-refractivity contribution >= 4 is 29.7 Å². The molecule has 2 aliphatic heterocycles. The van der Waals surface area contributed by atoms with Gasteiger partial charge in [0.15, 0.2) is 0 Å². The van der Waals surface area contributed by atoms with Crippen LogP contribution < -0.4 is 5.32 Å². The molecule has 1 aromatic carbocycles. The molecular weight excluding hydrogens is 359 g/mol. The number of amides is 1. The number of benzene rings is 1. The van der Waals surface area contributed by atoms with E-state index in [1.165, 1.54) is 11.6 Å². The standard InChI is InChI=1S/C19H21FN2OS.ClH/c20-16-3-1-2-14(8-16)19-17-10-21-9-15(17)11-22(19)18(23)5-4-13-6-7-24-12-13;/h1-3,6-8,12,15,17,19,21H,4-5,9-11H2;1H/t15-,17-,19+;/m0./s1. The monoisotopic (exact) mass is 380 g/mol. The van der Waals surface area contributed by atoms with E-state index in [1.54, 1.807) is 23.5 Å². The Morgan fingerprint density at radius 2 is 2.20 bits per heavy atom. The molecule has 3 heterocycles. The van der Waals surface area contributed by atoms with Gasteiger partial charge in [-0.05, 0) is 52.4 Å². The molecule has 0 bridgehead atoms. The minimum Gasteiger partial charge on any atom is -0.335 e. The van der Waals surface area contributed by atoms with Gasteiger partial charge >= 0.3 is 0 Å². The molecule has 1 aromatic heterocycles. The molecule has 6 heteroatoms. The number of halogens is 2. The van der Waals surface area contributed by atoms with Gasteiger partial charge in [-0.2, -0.15) is 11.3 Å².